The second-order valence-corrected chi connectivity index (χ2v) is 12.9. The molecule has 2 aromatic rings. The molecule has 7 N–H and O–H groups in total. The molecule has 0 aliphatic rings. The van der Waals surface area contributed by atoms with Gasteiger partial charge in [-0.2, -0.15) is 0 Å². The first-order valence-corrected chi connectivity index (χ1v) is 17.4. The molecule has 4 atom stereocenters. The van der Waals surface area contributed by atoms with Gasteiger partial charge in [0.15, 0.2) is 5.78 Å². The maximum absolute atomic E-state index is 13.8. The minimum Gasteiger partial charge on any atom is -0.382 e. The van der Waals surface area contributed by atoms with Crippen LogP contribution in [0.15, 0.2) is 54.6 Å². The van der Waals surface area contributed by atoms with Crippen molar-refractivity contribution in [3.05, 3.63) is 71.3 Å². The van der Waals surface area contributed by atoms with Crippen molar-refractivity contribution in [2.75, 3.05) is 13.1 Å². The van der Waals surface area contributed by atoms with E-state index in [9.17, 15) is 38.7 Å². The van der Waals surface area contributed by atoms with Crippen molar-refractivity contribution < 1.29 is 43.9 Å². The van der Waals surface area contributed by atoms with E-state index in [0.717, 1.165) is 10.1 Å². The van der Waals surface area contributed by atoms with Gasteiger partial charge in [-0.05, 0) is 43.6 Å². The predicted molar refractivity (Wildman–Crippen MR) is 194 cm³/mol. The lowest BCUT2D eigenvalue weighted by Gasteiger charge is -2.38. The number of rotatable bonds is 24. The molecule has 4 amide bonds. The monoisotopic (exact) mass is 734 g/mol. The Balaban J connectivity index is 2.27. The number of hydrogen-bond donors (Lipinski definition) is 6. The van der Waals surface area contributed by atoms with E-state index < -0.39 is 48.4 Å². The van der Waals surface area contributed by atoms with Crippen LogP contribution in [0.25, 0.3) is 0 Å². The highest BCUT2D eigenvalue weighted by Crippen LogP contribution is 2.19. The predicted octanol–water partition coefficient (Wildman–Crippen LogP) is 1.25. The number of benzene rings is 2. The summed E-state index contributed by atoms with van der Waals surface area (Å²) >= 11 is 0. The molecule has 0 saturated heterocycles. The number of unbranched alkanes of at least 4 members (excludes halogenated alkanes) is 2. The van der Waals surface area contributed by atoms with Crippen LogP contribution < -0.4 is 22.0 Å². The fraction of sp³-hybridized carbons (Fsp3) is 0.447. The third-order valence-corrected chi connectivity index (χ3v) is 8.38. The molecular weight excluding hydrogens is 684 g/mol. The first-order valence-electron chi connectivity index (χ1n) is 17.4. The molecule has 15 heteroatoms. The van der Waals surface area contributed by atoms with Crippen molar-refractivity contribution in [1.29, 1.82) is 0 Å². The van der Waals surface area contributed by atoms with Gasteiger partial charge in [-0.25, -0.2) is 16.3 Å². The Morgan fingerprint density at radius 3 is 2.11 bits per heavy atom. The van der Waals surface area contributed by atoms with Crippen molar-refractivity contribution in [2.24, 2.45) is 17.7 Å². The summed E-state index contributed by atoms with van der Waals surface area (Å²) in [5.41, 5.74) is 2.75. The molecule has 0 fully saturated rings. The SMILES string of the molecule is C#CCCCC(=O)NCCCCC(C=O)N(N)N(C(=O)CNC(=O)C(CC(C)C)C(O)C(=O)NO)C(C=O)Cc1ccc(C(=O)c2ccccc2)cc1. The number of aliphatic hydroxyl groups excluding tert-OH is 1. The molecule has 286 valence electrons. The van der Waals surface area contributed by atoms with E-state index in [-0.39, 0.29) is 43.3 Å². The highest BCUT2D eigenvalue weighted by atomic mass is 16.5. The maximum Gasteiger partial charge on any atom is 0.272 e. The summed E-state index contributed by atoms with van der Waals surface area (Å²) in [4.78, 5) is 88.6. The maximum atomic E-state index is 13.8. The van der Waals surface area contributed by atoms with E-state index in [0.29, 0.717) is 61.5 Å². The quantitative estimate of drug-likeness (QED) is 0.0171. The number of hydrogen-bond acceptors (Lipinski definition) is 11. The summed E-state index contributed by atoms with van der Waals surface area (Å²) in [6.45, 7) is 3.09. The Labute approximate surface area is 309 Å². The van der Waals surface area contributed by atoms with Crippen molar-refractivity contribution >= 4 is 42.0 Å². The van der Waals surface area contributed by atoms with E-state index in [1.807, 2.05) is 0 Å². The van der Waals surface area contributed by atoms with E-state index >= 15 is 0 Å². The molecule has 53 heavy (non-hydrogen) atoms. The highest BCUT2D eigenvalue weighted by Gasteiger charge is 2.35. The summed E-state index contributed by atoms with van der Waals surface area (Å²) in [6, 6.07) is 12.7. The number of terminal acetylenes is 1. The van der Waals surface area contributed by atoms with E-state index in [1.165, 1.54) is 5.48 Å². The number of nitrogens with zero attached hydrogens (tertiary/aromatic N) is 2. The Bertz CT molecular complexity index is 1560. The van der Waals surface area contributed by atoms with Gasteiger partial charge in [-0.1, -0.05) is 68.4 Å². The van der Waals surface area contributed by atoms with Gasteiger partial charge in [0.2, 0.25) is 11.8 Å². The zero-order chi connectivity index (χ0) is 39.3. The summed E-state index contributed by atoms with van der Waals surface area (Å²) in [5, 5.41) is 26.2. The lowest BCUT2D eigenvalue weighted by Crippen LogP contribution is -2.62. The number of aldehydes is 2. The van der Waals surface area contributed by atoms with Crippen molar-refractivity contribution in [2.45, 2.75) is 83.4 Å². The number of hydroxylamine groups is 1. The van der Waals surface area contributed by atoms with Gasteiger partial charge in [-0.3, -0.25) is 29.2 Å². The molecule has 0 spiro atoms. The number of nitrogens with two attached hydrogens (primary N) is 1. The molecule has 4 unspecified atom stereocenters. The number of carbonyl (C=O) groups excluding carboxylic acids is 7. The van der Waals surface area contributed by atoms with Crippen LogP contribution in [0.1, 0.15) is 80.3 Å². The van der Waals surface area contributed by atoms with Crippen LogP contribution in [0.2, 0.25) is 0 Å². The van der Waals surface area contributed by atoms with E-state index in [2.05, 4.69) is 16.6 Å². The standard InChI is InChI=1S/C38H50N6O9/c1-4-5-7-15-33(47)40-20-11-10-14-30(24-45)44(39)43(34(48)23-41-37(51)32(21-26(2)3)36(50)38(52)42-53)31(25-46)22-27-16-18-29(19-17-27)35(49)28-12-8-6-9-13-28/h1,6,8-9,12-13,16-19,24-26,30-32,36,50,53H,5,7,10-11,14-15,20-23,39H2,2-3H3,(H,40,47)(H,41,51)(H,42,52). The Kier molecular flexibility index (Phi) is 19.3. The third kappa shape index (κ3) is 14.3. The van der Waals surface area contributed by atoms with Crippen LogP contribution in [-0.2, 0) is 35.2 Å². The normalized spacial score (nSPS) is 13.2. The number of aliphatic hydroxyl groups is 1. The summed E-state index contributed by atoms with van der Waals surface area (Å²) in [6.07, 6.45) is 6.59. The van der Waals surface area contributed by atoms with Gasteiger partial charge in [-0.15, -0.1) is 17.5 Å². The minimum atomic E-state index is -1.92. The van der Waals surface area contributed by atoms with Crippen LogP contribution in [0, 0.1) is 24.2 Å². The molecule has 0 bridgehead atoms. The van der Waals surface area contributed by atoms with Crippen LogP contribution in [-0.4, -0.2) is 93.7 Å². The van der Waals surface area contributed by atoms with Crippen molar-refractivity contribution in [1.82, 2.24) is 26.2 Å². The van der Waals surface area contributed by atoms with Gasteiger partial charge >= 0.3 is 0 Å². The summed E-state index contributed by atoms with van der Waals surface area (Å²) < 4.78 is 0. The topological polar surface area (TPSA) is 229 Å². The second-order valence-electron chi connectivity index (χ2n) is 12.9. The molecule has 0 aliphatic carbocycles. The molecule has 15 nitrogen and oxygen atoms in total. The second kappa shape index (κ2) is 23.3. The highest BCUT2D eigenvalue weighted by molar-refractivity contribution is 6.09. The van der Waals surface area contributed by atoms with Gasteiger partial charge in [0.1, 0.15) is 30.8 Å². The molecule has 0 radical (unpaired) electrons. The lowest BCUT2D eigenvalue weighted by atomic mass is 9.91. The third-order valence-electron chi connectivity index (χ3n) is 8.38. The largest absolute Gasteiger partial charge is 0.382 e. The molecule has 0 aromatic heterocycles. The zero-order valence-corrected chi connectivity index (χ0v) is 30.1. The molecule has 2 aromatic carbocycles. The number of ketones is 1. The molecule has 0 heterocycles. The molecule has 0 aliphatic heterocycles. The number of nitrogens with one attached hydrogen (secondary N) is 3. The Morgan fingerprint density at radius 2 is 1.53 bits per heavy atom. The van der Waals surface area contributed by atoms with Crippen LogP contribution in [0.4, 0.5) is 0 Å². The fourth-order valence-electron chi connectivity index (χ4n) is 5.55. The molecule has 0 saturated carbocycles. The molecule has 2 rings (SSSR count). The first kappa shape index (κ1) is 43.9. The molecular formula is C38H50N6O9. The zero-order valence-electron chi connectivity index (χ0n) is 30.1. The van der Waals surface area contributed by atoms with Crippen LogP contribution in [0.3, 0.4) is 0 Å². The van der Waals surface area contributed by atoms with E-state index in [1.54, 1.807) is 68.4 Å². The lowest BCUT2D eigenvalue weighted by molar-refractivity contribution is -0.165. The first-order chi connectivity index (χ1) is 25.4. The smallest absolute Gasteiger partial charge is 0.272 e. The summed E-state index contributed by atoms with van der Waals surface area (Å²) in [7, 11) is 0. The number of hydrazine groups is 2. The average molecular weight is 735 g/mol. The van der Waals surface area contributed by atoms with Crippen LogP contribution >= 0.6 is 0 Å². The van der Waals surface area contributed by atoms with Gasteiger partial charge < -0.3 is 25.3 Å². The van der Waals surface area contributed by atoms with Crippen molar-refractivity contribution in [3.8, 4) is 12.3 Å². The van der Waals surface area contributed by atoms with Crippen molar-refractivity contribution in [3.63, 3.8) is 0 Å². The Morgan fingerprint density at radius 1 is 0.887 bits per heavy atom. The van der Waals surface area contributed by atoms with Gasteiger partial charge in [0, 0.05) is 36.9 Å². The fourth-order valence-corrected chi connectivity index (χ4v) is 5.55. The van der Waals surface area contributed by atoms with Gasteiger partial charge in [0.25, 0.3) is 11.8 Å². The van der Waals surface area contributed by atoms with Gasteiger partial charge in [0.05, 0.1) is 12.5 Å². The number of amides is 4. The number of carbonyl (C=O) groups is 7. The summed E-state index contributed by atoms with van der Waals surface area (Å²) in [5.74, 6) is 4.03. The Hall–Kier alpha value is -5.27. The minimum absolute atomic E-state index is 0.0274. The van der Waals surface area contributed by atoms with E-state index in [4.69, 9.17) is 17.5 Å². The average Bonchev–Trinajstić information content (AvgIpc) is 3.16. The van der Waals surface area contributed by atoms with Crippen LogP contribution in [0.5, 0.6) is 0 Å².